The van der Waals surface area contributed by atoms with E-state index in [1.54, 1.807) is 29.2 Å². The maximum atomic E-state index is 13.4. The van der Waals surface area contributed by atoms with Crippen molar-refractivity contribution in [3.8, 4) is 0 Å². The SMILES string of the molecule is CCCNC(=O)C(CC)N(Cc1ccc(C)cc1)C(=O)CCCN(c1ccc(Cl)cc1)S(C)(=O)=O. The number of hydrogen-bond acceptors (Lipinski definition) is 4. The lowest BCUT2D eigenvalue weighted by atomic mass is 10.1. The number of aryl methyl sites for hydroxylation is 1. The van der Waals surface area contributed by atoms with Crippen LogP contribution in [0.5, 0.6) is 0 Å². The van der Waals surface area contributed by atoms with E-state index in [1.807, 2.05) is 45.0 Å². The molecular weight excluding hydrogens is 486 g/mol. The maximum Gasteiger partial charge on any atom is 0.242 e. The lowest BCUT2D eigenvalue weighted by molar-refractivity contribution is -0.141. The molecule has 0 bridgehead atoms. The molecule has 2 amide bonds. The zero-order chi connectivity index (χ0) is 26.0. The van der Waals surface area contributed by atoms with E-state index in [9.17, 15) is 18.0 Å². The molecule has 0 aromatic heterocycles. The zero-order valence-corrected chi connectivity index (χ0v) is 22.5. The molecule has 9 heteroatoms. The Labute approximate surface area is 214 Å². The van der Waals surface area contributed by atoms with Gasteiger partial charge in [0.15, 0.2) is 0 Å². The van der Waals surface area contributed by atoms with E-state index in [4.69, 9.17) is 11.6 Å². The van der Waals surface area contributed by atoms with E-state index < -0.39 is 16.1 Å². The highest BCUT2D eigenvalue weighted by atomic mass is 35.5. The molecule has 0 saturated heterocycles. The van der Waals surface area contributed by atoms with E-state index >= 15 is 0 Å². The number of benzene rings is 2. The Hall–Kier alpha value is -2.58. The van der Waals surface area contributed by atoms with Gasteiger partial charge >= 0.3 is 0 Å². The molecule has 2 aromatic carbocycles. The number of sulfonamides is 1. The second-order valence-corrected chi connectivity index (χ2v) is 11.0. The Morgan fingerprint density at radius 2 is 1.66 bits per heavy atom. The molecule has 0 aliphatic heterocycles. The molecule has 0 fully saturated rings. The van der Waals surface area contributed by atoms with Gasteiger partial charge in [0.1, 0.15) is 6.04 Å². The molecule has 1 unspecified atom stereocenters. The van der Waals surface area contributed by atoms with Crippen molar-refractivity contribution < 1.29 is 18.0 Å². The van der Waals surface area contributed by atoms with Gasteiger partial charge in [-0.05, 0) is 56.0 Å². The maximum absolute atomic E-state index is 13.4. The summed E-state index contributed by atoms with van der Waals surface area (Å²) in [5.74, 6) is -0.359. The number of carbonyl (C=O) groups is 2. The number of halogens is 1. The van der Waals surface area contributed by atoms with Crippen LogP contribution in [0.4, 0.5) is 5.69 Å². The number of nitrogens with one attached hydrogen (secondary N) is 1. The highest BCUT2D eigenvalue weighted by Gasteiger charge is 2.28. The van der Waals surface area contributed by atoms with Crippen molar-refractivity contribution in [3.05, 3.63) is 64.7 Å². The third-order valence-corrected chi connectivity index (χ3v) is 7.12. The van der Waals surface area contributed by atoms with Crippen LogP contribution >= 0.6 is 11.6 Å². The molecule has 35 heavy (non-hydrogen) atoms. The zero-order valence-electron chi connectivity index (χ0n) is 21.0. The normalized spacial score (nSPS) is 12.1. The van der Waals surface area contributed by atoms with Gasteiger partial charge in [-0.3, -0.25) is 13.9 Å². The van der Waals surface area contributed by atoms with Crippen LogP contribution in [0.15, 0.2) is 48.5 Å². The van der Waals surface area contributed by atoms with Crippen molar-refractivity contribution in [3.63, 3.8) is 0 Å². The van der Waals surface area contributed by atoms with Crippen LogP contribution in [0.25, 0.3) is 0 Å². The Morgan fingerprint density at radius 3 is 2.20 bits per heavy atom. The number of hydrogen-bond donors (Lipinski definition) is 1. The highest BCUT2D eigenvalue weighted by molar-refractivity contribution is 7.92. The second-order valence-electron chi connectivity index (χ2n) is 8.64. The second kappa shape index (κ2) is 13.5. The first-order valence-electron chi connectivity index (χ1n) is 11.9. The smallest absolute Gasteiger partial charge is 0.242 e. The third kappa shape index (κ3) is 8.85. The van der Waals surface area contributed by atoms with Crippen LogP contribution in [0.2, 0.25) is 5.02 Å². The van der Waals surface area contributed by atoms with Crippen LogP contribution < -0.4 is 9.62 Å². The third-order valence-electron chi connectivity index (χ3n) is 5.68. The summed E-state index contributed by atoms with van der Waals surface area (Å²) in [5.41, 5.74) is 2.54. The lowest BCUT2D eigenvalue weighted by Gasteiger charge is -2.31. The molecule has 2 aromatic rings. The summed E-state index contributed by atoms with van der Waals surface area (Å²) in [7, 11) is -3.55. The van der Waals surface area contributed by atoms with Crippen molar-refractivity contribution in [1.82, 2.24) is 10.2 Å². The lowest BCUT2D eigenvalue weighted by Crippen LogP contribution is -2.49. The first kappa shape index (κ1) is 28.7. The van der Waals surface area contributed by atoms with Gasteiger partial charge in [0, 0.05) is 31.1 Å². The summed E-state index contributed by atoms with van der Waals surface area (Å²) in [5, 5.41) is 3.41. The molecule has 0 radical (unpaired) electrons. The van der Waals surface area contributed by atoms with Crippen LogP contribution in [0, 0.1) is 6.92 Å². The monoisotopic (exact) mass is 521 g/mol. The minimum absolute atomic E-state index is 0.114. The van der Waals surface area contributed by atoms with Crippen LogP contribution in [-0.2, 0) is 26.2 Å². The van der Waals surface area contributed by atoms with Crippen molar-refractivity contribution in [2.45, 2.75) is 59.0 Å². The molecule has 0 aliphatic carbocycles. The van der Waals surface area contributed by atoms with Gasteiger partial charge in [0.05, 0.1) is 11.9 Å². The summed E-state index contributed by atoms with van der Waals surface area (Å²) >= 11 is 5.94. The summed E-state index contributed by atoms with van der Waals surface area (Å²) in [4.78, 5) is 27.8. The first-order chi connectivity index (χ1) is 16.6. The van der Waals surface area contributed by atoms with Gasteiger partial charge < -0.3 is 10.2 Å². The topological polar surface area (TPSA) is 86.8 Å². The minimum Gasteiger partial charge on any atom is -0.354 e. The van der Waals surface area contributed by atoms with Gasteiger partial charge in [-0.15, -0.1) is 0 Å². The predicted octanol–water partition coefficient (Wildman–Crippen LogP) is 4.53. The van der Waals surface area contributed by atoms with Crippen LogP contribution in [0.3, 0.4) is 0 Å². The van der Waals surface area contributed by atoms with E-state index in [0.717, 1.165) is 23.8 Å². The molecule has 0 saturated carbocycles. The minimum atomic E-state index is -3.55. The van der Waals surface area contributed by atoms with Crippen molar-refractivity contribution >= 4 is 39.1 Å². The molecule has 0 heterocycles. The Balaban J connectivity index is 2.18. The van der Waals surface area contributed by atoms with Gasteiger partial charge in [0.2, 0.25) is 21.8 Å². The predicted molar refractivity (Wildman–Crippen MR) is 142 cm³/mol. The molecule has 1 N–H and O–H groups in total. The van der Waals surface area contributed by atoms with E-state index in [2.05, 4.69) is 5.32 Å². The number of carbonyl (C=O) groups excluding carboxylic acids is 2. The molecule has 0 aliphatic rings. The first-order valence-corrected chi connectivity index (χ1v) is 14.2. The van der Waals surface area contributed by atoms with Gasteiger partial charge in [0.25, 0.3) is 0 Å². The Kier molecular flexibility index (Phi) is 11.0. The fraction of sp³-hybridized carbons (Fsp3) is 0.462. The molecule has 0 spiro atoms. The van der Waals surface area contributed by atoms with E-state index in [0.29, 0.717) is 36.6 Å². The van der Waals surface area contributed by atoms with Crippen LogP contribution in [-0.4, -0.2) is 50.5 Å². The fourth-order valence-corrected chi connectivity index (χ4v) is 4.88. The van der Waals surface area contributed by atoms with E-state index in [1.165, 1.54) is 4.31 Å². The summed E-state index contributed by atoms with van der Waals surface area (Å²) in [6.07, 6.45) is 2.85. The van der Waals surface area contributed by atoms with Crippen molar-refractivity contribution in [1.29, 1.82) is 0 Å². The van der Waals surface area contributed by atoms with Crippen molar-refractivity contribution in [2.24, 2.45) is 0 Å². The van der Waals surface area contributed by atoms with Gasteiger partial charge in [-0.25, -0.2) is 8.42 Å². The average molecular weight is 522 g/mol. The average Bonchev–Trinajstić information content (AvgIpc) is 2.81. The number of rotatable bonds is 13. The fourth-order valence-electron chi connectivity index (χ4n) is 3.79. The van der Waals surface area contributed by atoms with Crippen molar-refractivity contribution in [2.75, 3.05) is 23.7 Å². The molecule has 192 valence electrons. The quantitative estimate of drug-likeness (QED) is 0.419. The van der Waals surface area contributed by atoms with Gasteiger partial charge in [-0.2, -0.15) is 0 Å². The molecular formula is C26H36ClN3O4S. The number of amides is 2. The largest absolute Gasteiger partial charge is 0.354 e. The number of anilines is 1. The Morgan fingerprint density at radius 1 is 1.03 bits per heavy atom. The summed E-state index contributed by atoms with van der Waals surface area (Å²) in [6, 6.07) is 13.8. The Bertz CT molecular complexity index is 1070. The highest BCUT2D eigenvalue weighted by Crippen LogP contribution is 2.22. The summed E-state index contributed by atoms with van der Waals surface area (Å²) < 4.78 is 26.0. The van der Waals surface area contributed by atoms with Gasteiger partial charge in [-0.1, -0.05) is 55.3 Å². The number of nitrogens with zero attached hydrogens (tertiary/aromatic N) is 2. The molecule has 2 rings (SSSR count). The summed E-state index contributed by atoms with van der Waals surface area (Å²) in [6.45, 7) is 6.86. The van der Waals surface area contributed by atoms with Crippen LogP contribution in [0.1, 0.15) is 50.7 Å². The molecule has 1 atom stereocenters. The molecule has 7 nitrogen and oxygen atoms in total. The van der Waals surface area contributed by atoms with E-state index in [-0.39, 0.29) is 24.8 Å². The standard InChI is InChI=1S/C26H36ClN3O4S/c1-5-17-28-26(32)24(6-2)29(19-21-11-9-20(3)10-12-21)25(31)8-7-18-30(35(4,33)34)23-15-13-22(27)14-16-23/h9-16,24H,5-8,17-19H2,1-4H3,(H,28,32).